The molecule has 5 heteroatoms. The third kappa shape index (κ3) is 5.93. The lowest BCUT2D eigenvalue weighted by molar-refractivity contribution is 0.0286. The molecule has 0 radical (unpaired) electrons. The summed E-state index contributed by atoms with van der Waals surface area (Å²) in [6.07, 6.45) is 8.35. The van der Waals surface area contributed by atoms with Gasteiger partial charge in [-0.15, -0.1) is 0 Å². The van der Waals surface area contributed by atoms with Gasteiger partial charge in [0.25, 0.3) is 5.91 Å². The van der Waals surface area contributed by atoms with Crippen molar-refractivity contribution in [3.05, 3.63) is 70.7 Å². The molecular weight excluding hydrogens is 456 g/mol. The van der Waals surface area contributed by atoms with E-state index in [1.807, 2.05) is 42.5 Å². The number of hydrogen-bond acceptors (Lipinski definition) is 3. The zero-order valence-electron chi connectivity index (χ0n) is 20.8. The Labute approximate surface area is 215 Å². The fraction of sp³-hybridized carbons (Fsp3) is 0.567. The van der Waals surface area contributed by atoms with Gasteiger partial charge in [-0.1, -0.05) is 41.9 Å². The number of carbonyl (C=O) groups excluding carboxylic acids is 1. The maximum Gasteiger partial charge on any atom is 0.253 e. The van der Waals surface area contributed by atoms with E-state index >= 15 is 0 Å². The first-order valence-electron chi connectivity index (χ1n) is 13.5. The second-order valence-electron chi connectivity index (χ2n) is 10.9. The predicted molar refractivity (Wildman–Crippen MR) is 142 cm³/mol. The minimum Gasteiger partial charge on any atom is -0.381 e. The average Bonchev–Trinajstić information content (AvgIpc) is 2.93. The topological polar surface area (TPSA) is 32.8 Å². The molecule has 5 rings (SSSR count). The average molecular weight is 495 g/mol. The molecule has 0 aliphatic carbocycles. The molecule has 0 bridgehead atoms. The van der Waals surface area contributed by atoms with Gasteiger partial charge in [-0.3, -0.25) is 4.79 Å². The van der Waals surface area contributed by atoms with Gasteiger partial charge in [0.1, 0.15) is 0 Å². The Morgan fingerprint density at radius 1 is 0.914 bits per heavy atom. The molecule has 3 aliphatic rings. The summed E-state index contributed by atoms with van der Waals surface area (Å²) in [5.41, 5.74) is 2.09. The van der Waals surface area contributed by atoms with Crippen LogP contribution in [0.15, 0.2) is 54.6 Å². The largest absolute Gasteiger partial charge is 0.381 e. The Balaban J connectivity index is 1.27. The zero-order valence-corrected chi connectivity index (χ0v) is 21.6. The number of hydrogen-bond donors (Lipinski definition) is 0. The third-order valence-electron chi connectivity index (χ3n) is 8.81. The van der Waals surface area contributed by atoms with Crippen LogP contribution in [0.2, 0.25) is 5.02 Å². The quantitative estimate of drug-likeness (QED) is 0.490. The Hall–Kier alpha value is -1.88. The van der Waals surface area contributed by atoms with Crippen molar-refractivity contribution in [2.75, 3.05) is 45.9 Å². The summed E-state index contributed by atoms with van der Waals surface area (Å²) in [7, 11) is 0. The monoisotopic (exact) mass is 494 g/mol. The van der Waals surface area contributed by atoms with E-state index in [9.17, 15) is 4.79 Å². The summed E-state index contributed by atoms with van der Waals surface area (Å²) in [4.78, 5) is 18.1. The molecule has 1 atom stereocenters. The van der Waals surface area contributed by atoms with Gasteiger partial charge in [-0.05, 0) is 106 Å². The molecule has 2 aromatic rings. The van der Waals surface area contributed by atoms with E-state index in [1.54, 1.807) is 0 Å². The van der Waals surface area contributed by atoms with E-state index in [1.165, 1.54) is 44.3 Å². The molecule has 1 unspecified atom stereocenters. The highest BCUT2D eigenvalue weighted by Crippen LogP contribution is 2.39. The standard InChI is InChI=1S/C30H39ClN2O2/c31-28-9-7-27(8-10-28)30(15-4-17-33(23-30)29(34)26-5-2-1-3-6-26)16-20-32-18-11-24(12-19-32)25-13-21-35-22-14-25/h1-3,5-10,24-25H,4,11-23H2. The number of piperidine rings is 2. The summed E-state index contributed by atoms with van der Waals surface area (Å²) >= 11 is 6.25. The van der Waals surface area contributed by atoms with Crippen LogP contribution < -0.4 is 0 Å². The Kier molecular flexibility index (Phi) is 8.11. The van der Waals surface area contributed by atoms with Crippen LogP contribution in [0.3, 0.4) is 0 Å². The van der Waals surface area contributed by atoms with E-state index in [0.29, 0.717) is 0 Å². The molecule has 1 amide bonds. The molecule has 3 saturated heterocycles. The predicted octanol–water partition coefficient (Wildman–Crippen LogP) is 6.04. The van der Waals surface area contributed by atoms with E-state index in [2.05, 4.69) is 21.9 Å². The van der Waals surface area contributed by atoms with Crippen molar-refractivity contribution in [1.29, 1.82) is 0 Å². The molecule has 4 nitrogen and oxygen atoms in total. The molecule has 188 valence electrons. The van der Waals surface area contributed by atoms with Gasteiger partial charge in [0.2, 0.25) is 0 Å². The molecule has 2 aromatic carbocycles. The van der Waals surface area contributed by atoms with Crippen molar-refractivity contribution in [2.45, 2.75) is 50.4 Å². The van der Waals surface area contributed by atoms with E-state index in [-0.39, 0.29) is 11.3 Å². The fourth-order valence-corrected chi connectivity index (χ4v) is 6.79. The zero-order chi connectivity index (χ0) is 24.1. The van der Waals surface area contributed by atoms with Gasteiger partial charge in [0, 0.05) is 42.3 Å². The minimum absolute atomic E-state index is 0.0230. The van der Waals surface area contributed by atoms with Crippen LogP contribution in [0.5, 0.6) is 0 Å². The van der Waals surface area contributed by atoms with Crippen LogP contribution in [0.1, 0.15) is 60.9 Å². The lowest BCUT2D eigenvalue weighted by Gasteiger charge is -2.45. The van der Waals surface area contributed by atoms with Gasteiger partial charge in [-0.2, -0.15) is 0 Å². The summed E-state index contributed by atoms with van der Waals surface area (Å²) in [5, 5.41) is 0.770. The molecule has 0 saturated carbocycles. The number of rotatable bonds is 6. The van der Waals surface area contributed by atoms with Crippen molar-refractivity contribution in [3.8, 4) is 0 Å². The second kappa shape index (κ2) is 11.5. The Morgan fingerprint density at radius 3 is 2.31 bits per heavy atom. The maximum atomic E-state index is 13.4. The first-order valence-corrected chi connectivity index (χ1v) is 13.9. The molecule has 3 heterocycles. The van der Waals surface area contributed by atoms with Crippen molar-refractivity contribution in [2.24, 2.45) is 11.8 Å². The molecule has 3 aliphatic heterocycles. The number of carbonyl (C=O) groups is 1. The highest BCUT2D eigenvalue weighted by atomic mass is 35.5. The van der Waals surface area contributed by atoms with Gasteiger partial charge >= 0.3 is 0 Å². The number of ether oxygens (including phenoxy) is 1. The maximum absolute atomic E-state index is 13.4. The number of nitrogens with zero attached hydrogens (tertiary/aromatic N) is 2. The summed E-state index contributed by atoms with van der Waals surface area (Å²) in [5.74, 6) is 1.89. The molecule has 0 aromatic heterocycles. The lowest BCUT2D eigenvalue weighted by Crippen LogP contribution is -2.50. The Bertz CT molecular complexity index is 952. The van der Waals surface area contributed by atoms with E-state index in [4.69, 9.17) is 16.3 Å². The van der Waals surface area contributed by atoms with E-state index < -0.39 is 0 Å². The third-order valence-corrected chi connectivity index (χ3v) is 9.06. The molecule has 0 spiro atoms. The van der Waals surface area contributed by atoms with Gasteiger partial charge < -0.3 is 14.5 Å². The van der Waals surface area contributed by atoms with Crippen molar-refractivity contribution in [3.63, 3.8) is 0 Å². The fourth-order valence-electron chi connectivity index (χ4n) is 6.66. The number of likely N-dealkylation sites (tertiary alicyclic amines) is 2. The molecule has 35 heavy (non-hydrogen) atoms. The highest BCUT2D eigenvalue weighted by molar-refractivity contribution is 6.30. The first kappa shape index (κ1) is 24.8. The van der Waals surface area contributed by atoms with Crippen molar-refractivity contribution < 1.29 is 9.53 Å². The van der Waals surface area contributed by atoms with Crippen molar-refractivity contribution in [1.82, 2.24) is 9.80 Å². The van der Waals surface area contributed by atoms with Crippen LogP contribution in [-0.4, -0.2) is 61.6 Å². The van der Waals surface area contributed by atoms with Crippen LogP contribution in [0.25, 0.3) is 0 Å². The summed E-state index contributed by atoms with van der Waals surface area (Å²) in [6, 6.07) is 18.1. The first-order chi connectivity index (χ1) is 17.1. The van der Waals surface area contributed by atoms with Crippen LogP contribution in [0.4, 0.5) is 0 Å². The van der Waals surface area contributed by atoms with Crippen LogP contribution >= 0.6 is 11.6 Å². The number of halogens is 1. The summed E-state index contributed by atoms with van der Waals surface area (Å²) < 4.78 is 5.58. The summed E-state index contributed by atoms with van der Waals surface area (Å²) in [6.45, 7) is 7.01. The second-order valence-corrected chi connectivity index (χ2v) is 11.3. The highest BCUT2D eigenvalue weighted by Gasteiger charge is 2.39. The Morgan fingerprint density at radius 2 is 1.60 bits per heavy atom. The molecule has 3 fully saturated rings. The van der Waals surface area contributed by atoms with Gasteiger partial charge in [0.15, 0.2) is 0 Å². The SMILES string of the molecule is O=C(c1ccccc1)N1CCCC(CCN2CCC(C3CCOCC3)CC2)(c2ccc(Cl)cc2)C1. The lowest BCUT2D eigenvalue weighted by atomic mass is 9.71. The van der Waals surface area contributed by atoms with Crippen LogP contribution in [-0.2, 0) is 10.2 Å². The molecule has 0 N–H and O–H groups in total. The number of amides is 1. The number of benzene rings is 2. The van der Waals surface area contributed by atoms with Crippen LogP contribution in [0, 0.1) is 11.8 Å². The normalized spacial score (nSPS) is 25.0. The smallest absolute Gasteiger partial charge is 0.253 e. The van der Waals surface area contributed by atoms with Crippen molar-refractivity contribution >= 4 is 17.5 Å². The van der Waals surface area contributed by atoms with Gasteiger partial charge in [0.05, 0.1) is 0 Å². The van der Waals surface area contributed by atoms with E-state index in [0.717, 1.165) is 74.5 Å². The van der Waals surface area contributed by atoms with Gasteiger partial charge in [-0.25, -0.2) is 0 Å². The molecular formula is C30H39ClN2O2. The minimum atomic E-state index is -0.0230.